The van der Waals surface area contributed by atoms with Gasteiger partial charge in [-0.25, -0.2) is 0 Å². The molecule has 0 spiro atoms. The minimum absolute atomic E-state index is 0.793. The minimum atomic E-state index is 0.793. The van der Waals surface area contributed by atoms with Crippen molar-refractivity contribution in [2.75, 3.05) is 11.1 Å². The molecule has 1 aromatic heterocycles. The lowest BCUT2D eigenvalue weighted by Crippen LogP contribution is -2.01. The summed E-state index contributed by atoms with van der Waals surface area (Å²) in [4.78, 5) is 1.28. The molecule has 0 aliphatic carbocycles. The quantitative estimate of drug-likeness (QED) is 0.840. The van der Waals surface area contributed by atoms with E-state index in [-0.39, 0.29) is 0 Å². The summed E-state index contributed by atoms with van der Waals surface area (Å²) >= 11 is 5.17. The molecule has 0 radical (unpaired) electrons. The van der Waals surface area contributed by atoms with Gasteiger partial charge in [-0.15, -0.1) is 11.3 Å². The van der Waals surface area contributed by atoms with Gasteiger partial charge >= 0.3 is 0 Å². The Morgan fingerprint density at radius 1 is 1.38 bits per heavy atom. The van der Waals surface area contributed by atoms with Gasteiger partial charge in [0.25, 0.3) is 0 Å². The number of anilines is 2. The van der Waals surface area contributed by atoms with Crippen molar-refractivity contribution in [2.24, 2.45) is 0 Å². The molecule has 0 bridgehead atoms. The lowest BCUT2D eigenvalue weighted by molar-refractivity contribution is 1.19. The molecule has 4 heteroatoms. The Bertz CT molecular complexity index is 494. The second kappa shape index (κ2) is 4.89. The third-order valence-corrected chi connectivity index (χ3v) is 3.98. The molecule has 0 unspecified atom stereocenters. The van der Waals surface area contributed by atoms with Crippen molar-refractivity contribution in [1.82, 2.24) is 0 Å². The van der Waals surface area contributed by atoms with Gasteiger partial charge in [-0.2, -0.15) is 0 Å². The predicted molar refractivity (Wildman–Crippen MR) is 74.9 cm³/mol. The number of hydrogen-bond acceptors (Lipinski definition) is 3. The Labute approximate surface area is 108 Å². The summed E-state index contributed by atoms with van der Waals surface area (Å²) < 4.78 is 1.13. The number of aryl methyl sites for hydroxylation is 1. The van der Waals surface area contributed by atoms with Gasteiger partial charge in [0.05, 0.1) is 11.4 Å². The minimum Gasteiger partial charge on any atom is -0.397 e. The lowest BCUT2D eigenvalue weighted by atomic mass is 10.2. The second-order valence-corrected chi connectivity index (χ2v) is 5.59. The number of nitrogens with two attached hydrogens (primary N) is 1. The van der Waals surface area contributed by atoms with Gasteiger partial charge < -0.3 is 11.1 Å². The van der Waals surface area contributed by atoms with Gasteiger partial charge in [0, 0.05) is 21.3 Å². The van der Waals surface area contributed by atoms with Gasteiger partial charge in [-0.1, -0.05) is 6.07 Å². The van der Waals surface area contributed by atoms with E-state index >= 15 is 0 Å². The highest BCUT2D eigenvalue weighted by atomic mass is 79.9. The van der Waals surface area contributed by atoms with Gasteiger partial charge in [0.15, 0.2) is 0 Å². The van der Waals surface area contributed by atoms with Crippen LogP contribution in [0.25, 0.3) is 0 Å². The Balaban J connectivity index is 2.07. The van der Waals surface area contributed by atoms with Crippen LogP contribution < -0.4 is 11.1 Å². The fourth-order valence-corrected chi connectivity index (χ4v) is 2.84. The van der Waals surface area contributed by atoms with E-state index in [2.05, 4.69) is 45.7 Å². The van der Waals surface area contributed by atoms with Gasteiger partial charge in [0.2, 0.25) is 0 Å². The molecule has 1 aromatic carbocycles. The first-order chi connectivity index (χ1) is 7.65. The first kappa shape index (κ1) is 11.5. The van der Waals surface area contributed by atoms with Crippen LogP contribution in [0.1, 0.15) is 10.4 Å². The van der Waals surface area contributed by atoms with Crippen LogP contribution in [0, 0.1) is 6.92 Å². The molecule has 0 saturated heterocycles. The molecule has 2 rings (SSSR count). The van der Waals surface area contributed by atoms with E-state index in [9.17, 15) is 0 Å². The zero-order chi connectivity index (χ0) is 11.5. The van der Waals surface area contributed by atoms with E-state index in [4.69, 9.17) is 5.73 Å². The maximum Gasteiger partial charge on any atom is 0.0579 e. The van der Waals surface area contributed by atoms with Crippen LogP contribution in [0.2, 0.25) is 0 Å². The molecular formula is C12H13BrN2S. The van der Waals surface area contributed by atoms with Gasteiger partial charge in [0.1, 0.15) is 0 Å². The summed E-state index contributed by atoms with van der Waals surface area (Å²) in [6.07, 6.45) is 0. The van der Waals surface area contributed by atoms with E-state index in [1.165, 1.54) is 10.4 Å². The summed E-state index contributed by atoms with van der Waals surface area (Å²) in [5.41, 5.74) is 8.90. The van der Waals surface area contributed by atoms with Crippen LogP contribution in [0.4, 0.5) is 11.4 Å². The maximum absolute atomic E-state index is 5.89. The smallest absolute Gasteiger partial charge is 0.0579 e. The first-order valence-corrected chi connectivity index (χ1v) is 6.65. The molecule has 0 amide bonds. The van der Waals surface area contributed by atoms with E-state index in [1.54, 1.807) is 11.3 Å². The van der Waals surface area contributed by atoms with Crippen molar-refractivity contribution < 1.29 is 0 Å². The monoisotopic (exact) mass is 296 g/mol. The van der Waals surface area contributed by atoms with Gasteiger partial charge in [-0.05, 0) is 46.6 Å². The van der Waals surface area contributed by atoms with Crippen molar-refractivity contribution >= 4 is 38.6 Å². The third kappa shape index (κ3) is 2.77. The number of halogens is 1. The average molecular weight is 297 g/mol. The summed E-state index contributed by atoms with van der Waals surface area (Å²) in [7, 11) is 0. The molecule has 2 aromatic rings. The van der Waals surface area contributed by atoms with Crippen molar-refractivity contribution in [3.8, 4) is 0 Å². The molecule has 1 heterocycles. The SMILES string of the molecule is Cc1ccc(N)c(NCc2cc(Br)cs2)c1. The molecule has 0 aliphatic rings. The molecule has 2 nitrogen and oxygen atoms in total. The Kier molecular flexibility index (Phi) is 3.51. The fourth-order valence-electron chi connectivity index (χ4n) is 1.45. The highest BCUT2D eigenvalue weighted by molar-refractivity contribution is 9.10. The van der Waals surface area contributed by atoms with E-state index in [0.717, 1.165) is 22.4 Å². The molecular weight excluding hydrogens is 284 g/mol. The zero-order valence-electron chi connectivity index (χ0n) is 8.96. The third-order valence-electron chi connectivity index (χ3n) is 2.28. The van der Waals surface area contributed by atoms with E-state index in [0.29, 0.717) is 0 Å². The van der Waals surface area contributed by atoms with Crippen LogP contribution in [0.5, 0.6) is 0 Å². The number of thiophene rings is 1. The summed E-state index contributed by atoms with van der Waals surface area (Å²) in [6.45, 7) is 2.87. The van der Waals surface area contributed by atoms with Crippen molar-refractivity contribution in [2.45, 2.75) is 13.5 Å². The number of nitrogen functional groups attached to an aromatic ring is 1. The Morgan fingerprint density at radius 2 is 2.19 bits per heavy atom. The lowest BCUT2D eigenvalue weighted by Gasteiger charge is -2.08. The second-order valence-electron chi connectivity index (χ2n) is 3.68. The number of hydrogen-bond donors (Lipinski definition) is 2. The molecule has 0 saturated carbocycles. The Morgan fingerprint density at radius 3 is 2.88 bits per heavy atom. The molecule has 0 atom stereocenters. The largest absolute Gasteiger partial charge is 0.397 e. The highest BCUT2D eigenvalue weighted by Gasteiger charge is 2.01. The summed E-state index contributed by atoms with van der Waals surface area (Å²) in [5, 5.41) is 5.43. The predicted octanol–water partition coefficient (Wildman–Crippen LogP) is 4.01. The maximum atomic E-state index is 5.89. The van der Waals surface area contributed by atoms with Crippen LogP contribution in [0.3, 0.4) is 0 Å². The van der Waals surface area contributed by atoms with Crippen molar-refractivity contribution in [3.05, 3.63) is 44.6 Å². The zero-order valence-corrected chi connectivity index (χ0v) is 11.4. The summed E-state index contributed by atoms with van der Waals surface area (Å²) in [6, 6.07) is 8.13. The van der Waals surface area contributed by atoms with Crippen LogP contribution in [-0.4, -0.2) is 0 Å². The van der Waals surface area contributed by atoms with Crippen LogP contribution in [-0.2, 0) is 6.54 Å². The molecule has 84 valence electrons. The normalized spacial score (nSPS) is 10.4. The molecule has 0 fully saturated rings. The van der Waals surface area contributed by atoms with Crippen molar-refractivity contribution in [3.63, 3.8) is 0 Å². The molecule has 16 heavy (non-hydrogen) atoms. The fraction of sp³-hybridized carbons (Fsp3) is 0.167. The molecule has 0 aliphatic heterocycles. The van der Waals surface area contributed by atoms with E-state index < -0.39 is 0 Å². The molecule has 3 N–H and O–H groups in total. The standard InChI is InChI=1S/C12H13BrN2S/c1-8-2-3-11(14)12(4-8)15-6-10-5-9(13)7-16-10/h2-5,7,15H,6,14H2,1H3. The summed E-state index contributed by atoms with van der Waals surface area (Å²) in [5.74, 6) is 0. The van der Waals surface area contributed by atoms with E-state index in [1.807, 2.05) is 12.1 Å². The van der Waals surface area contributed by atoms with Gasteiger partial charge in [-0.3, -0.25) is 0 Å². The number of rotatable bonds is 3. The van der Waals surface area contributed by atoms with Crippen LogP contribution in [0.15, 0.2) is 34.1 Å². The first-order valence-electron chi connectivity index (χ1n) is 4.98. The van der Waals surface area contributed by atoms with Crippen LogP contribution >= 0.6 is 27.3 Å². The van der Waals surface area contributed by atoms with Crippen molar-refractivity contribution in [1.29, 1.82) is 0 Å². The number of nitrogens with one attached hydrogen (secondary N) is 1. The topological polar surface area (TPSA) is 38.0 Å². The highest BCUT2D eigenvalue weighted by Crippen LogP contribution is 2.23. The Hall–Kier alpha value is -1.000. The number of benzene rings is 1. The average Bonchev–Trinajstić information content (AvgIpc) is 2.66.